The summed E-state index contributed by atoms with van der Waals surface area (Å²) in [6.07, 6.45) is 4.59. The zero-order chi connectivity index (χ0) is 15.0. The maximum Gasteiger partial charge on any atom is 0.164 e. The predicted molar refractivity (Wildman–Crippen MR) is 91.4 cm³/mol. The van der Waals surface area contributed by atoms with Gasteiger partial charge in [-0.3, -0.25) is 0 Å². The molecule has 1 aliphatic carbocycles. The van der Waals surface area contributed by atoms with Crippen LogP contribution in [0.15, 0.2) is 18.2 Å². The summed E-state index contributed by atoms with van der Waals surface area (Å²) < 4.78 is 15.0. The van der Waals surface area contributed by atoms with Crippen molar-refractivity contribution in [3.63, 3.8) is 0 Å². The van der Waals surface area contributed by atoms with Crippen LogP contribution in [0, 0.1) is 9.39 Å². The number of hydrogen-bond acceptors (Lipinski definition) is 2. The number of nitrogens with zero attached hydrogens (tertiary/aromatic N) is 2. The van der Waals surface area contributed by atoms with Gasteiger partial charge in [0.05, 0.1) is 19.9 Å². The van der Waals surface area contributed by atoms with E-state index in [1.807, 2.05) is 0 Å². The summed E-state index contributed by atoms with van der Waals surface area (Å²) in [5.74, 6) is 0.189. The third-order valence-electron chi connectivity index (χ3n) is 3.77. The number of rotatable bonds is 2. The highest BCUT2D eigenvalue weighted by atomic mass is 127. The Balaban J connectivity index is 2.13. The highest BCUT2D eigenvalue weighted by Crippen LogP contribution is 2.38. The van der Waals surface area contributed by atoms with Crippen LogP contribution in [0.5, 0.6) is 0 Å². The Kier molecular flexibility index (Phi) is 4.66. The lowest BCUT2D eigenvalue weighted by Gasteiger charge is -2.14. The van der Waals surface area contributed by atoms with E-state index in [0.717, 1.165) is 22.1 Å². The Labute approximate surface area is 146 Å². The minimum absolute atomic E-state index is 0.0631. The Hall–Kier alpha value is -0.460. The van der Waals surface area contributed by atoms with Crippen LogP contribution in [0.1, 0.15) is 37.3 Å². The average Bonchev–Trinajstić information content (AvgIpc) is 2.99. The van der Waals surface area contributed by atoms with Crippen LogP contribution in [0.25, 0.3) is 11.4 Å². The fourth-order valence-corrected chi connectivity index (χ4v) is 3.74. The summed E-state index contributed by atoms with van der Waals surface area (Å²) in [6, 6.07) is 4.82. The highest BCUT2D eigenvalue weighted by Gasteiger charge is 2.24. The lowest BCUT2D eigenvalue weighted by molar-refractivity contribution is 0.629. The largest absolute Gasteiger partial charge is 0.231 e. The summed E-state index contributed by atoms with van der Waals surface area (Å²) >= 11 is 14.2. The smallest absolute Gasteiger partial charge is 0.164 e. The fraction of sp³-hybridized carbons (Fsp3) is 0.333. The van der Waals surface area contributed by atoms with Crippen LogP contribution in [-0.2, 0) is 0 Å². The molecule has 0 amide bonds. The van der Waals surface area contributed by atoms with Crippen molar-refractivity contribution in [2.45, 2.75) is 31.6 Å². The van der Waals surface area contributed by atoms with Crippen molar-refractivity contribution >= 4 is 45.8 Å². The third kappa shape index (κ3) is 3.03. The lowest BCUT2D eigenvalue weighted by atomic mass is 10.0. The quantitative estimate of drug-likeness (QED) is 0.435. The second kappa shape index (κ2) is 6.34. The molecular formula is C15H12Cl2FIN2. The Morgan fingerprint density at radius 3 is 2.57 bits per heavy atom. The van der Waals surface area contributed by atoms with Crippen molar-refractivity contribution in [2.24, 2.45) is 0 Å². The van der Waals surface area contributed by atoms with E-state index in [1.165, 1.54) is 18.9 Å². The zero-order valence-corrected chi connectivity index (χ0v) is 14.7. The summed E-state index contributed by atoms with van der Waals surface area (Å²) in [7, 11) is 0. The molecule has 1 aromatic heterocycles. The molecule has 0 bridgehead atoms. The maximum absolute atomic E-state index is 14.2. The molecule has 3 rings (SSSR count). The van der Waals surface area contributed by atoms with E-state index < -0.39 is 5.82 Å². The van der Waals surface area contributed by atoms with Gasteiger partial charge in [-0.25, -0.2) is 14.4 Å². The molecule has 0 radical (unpaired) electrons. The zero-order valence-electron chi connectivity index (χ0n) is 11.0. The van der Waals surface area contributed by atoms with E-state index in [0.29, 0.717) is 22.5 Å². The van der Waals surface area contributed by atoms with Crippen molar-refractivity contribution < 1.29 is 4.39 Å². The Morgan fingerprint density at radius 2 is 1.86 bits per heavy atom. The molecule has 6 heteroatoms. The number of benzene rings is 1. The van der Waals surface area contributed by atoms with E-state index in [1.54, 1.807) is 12.1 Å². The van der Waals surface area contributed by atoms with Crippen LogP contribution in [-0.4, -0.2) is 9.97 Å². The molecule has 110 valence electrons. The van der Waals surface area contributed by atoms with Crippen LogP contribution < -0.4 is 0 Å². The average molecular weight is 437 g/mol. The molecule has 21 heavy (non-hydrogen) atoms. The Bertz CT molecular complexity index is 688. The molecule has 2 aromatic rings. The highest BCUT2D eigenvalue weighted by molar-refractivity contribution is 14.1. The van der Waals surface area contributed by atoms with Crippen LogP contribution >= 0.6 is 45.8 Å². The fourth-order valence-electron chi connectivity index (χ4n) is 2.70. The van der Waals surface area contributed by atoms with Crippen molar-refractivity contribution in [3.8, 4) is 11.4 Å². The minimum atomic E-state index is -0.506. The second-order valence-corrected chi connectivity index (χ2v) is 6.96. The normalized spacial score (nSPS) is 15.6. The van der Waals surface area contributed by atoms with Crippen LogP contribution in [0.2, 0.25) is 10.2 Å². The first-order chi connectivity index (χ1) is 10.1. The number of halogens is 4. The molecule has 0 aliphatic heterocycles. The van der Waals surface area contributed by atoms with Crippen molar-refractivity contribution in [3.05, 3.63) is 43.5 Å². The van der Waals surface area contributed by atoms with E-state index in [4.69, 9.17) is 23.2 Å². The predicted octanol–water partition coefficient (Wildman–Crippen LogP) is 5.85. The molecule has 0 N–H and O–H groups in total. The van der Waals surface area contributed by atoms with Gasteiger partial charge in [0.2, 0.25) is 0 Å². The van der Waals surface area contributed by atoms with Gasteiger partial charge in [0, 0.05) is 5.92 Å². The van der Waals surface area contributed by atoms with Crippen molar-refractivity contribution in [1.29, 1.82) is 0 Å². The molecule has 0 spiro atoms. The topological polar surface area (TPSA) is 25.8 Å². The van der Waals surface area contributed by atoms with Gasteiger partial charge in [-0.2, -0.15) is 0 Å². The van der Waals surface area contributed by atoms with Gasteiger partial charge in [-0.15, -0.1) is 0 Å². The molecule has 1 heterocycles. The first-order valence-electron chi connectivity index (χ1n) is 6.75. The van der Waals surface area contributed by atoms with Gasteiger partial charge in [-0.1, -0.05) is 42.1 Å². The van der Waals surface area contributed by atoms with E-state index in [9.17, 15) is 4.39 Å². The summed E-state index contributed by atoms with van der Waals surface area (Å²) in [5, 5.41) is 0.440. The van der Waals surface area contributed by atoms with Gasteiger partial charge in [0.15, 0.2) is 11.6 Å². The molecular weight excluding hydrogens is 425 g/mol. The molecule has 1 aliphatic rings. The van der Waals surface area contributed by atoms with E-state index in [-0.39, 0.29) is 5.02 Å². The van der Waals surface area contributed by atoms with Gasteiger partial charge in [-0.05, 0) is 47.6 Å². The van der Waals surface area contributed by atoms with Crippen molar-refractivity contribution in [2.75, 3.05) is 0 Å². The van der Waals surface area contributed by atoms with Gasteiger partial charge < -0.3 is 0 Å². The van der Waals surface area contributed by atoms with E-state index in [2.05, 4.69) is 32.6 Å². The summed E-state index contributed by atoms with van der Waals surface area (Å²) in [5.41, 5.74) is 1.22. The SMILES string of the molecule is Fc1c(Cl)cccc1-c1nc(Cl)c(I)c(C2CCCC2)n1. The molecule has 0 atom stereocenters. The number of aromatic nitrogens is 2. The molecule has 1 saturated carbocycles. The molecule has 2 nitrogen and oxygen atoms in total. The van der Waals surface area contributed by atoms with Crippen molar-refractivity contribution in [1.82, 2.24) is 9.97 Å². The first-order valence-corrected chi connectivity index (χ1v) is 8.58. The third-order valence-corrected chi connectivity index (χ3v) is 5.72. The van der Waals surface area contributed by atoms with E-state index >= 15 is 0 Å². The molecule has 0 unspecified atom stereocenters. The standard InChI is InChI=1S/C15H12Cl2FIN2/c16-10-7-3-6-9(11(10)18)15-20-13(8-4-1-2-5-8)12(19)14(17)21-15/h3,6-8H,1-2,4-5H2. The van der Waals surface area contributed by atoms with Crippen LogP contribution in [0.3, 0.4) is 0 Å². The van der Waals surface area contributed by atoms with Gasteiger partial charge >= 0.3 is 0 Å². The second-order valence-electron chi connectivity index (χ2n) is 5.12. The first kappa shape index (κ1) is 15.4. The summed E-state index contributed by atoms with van der Waals surface area (Å²) in [6.45, 7) is 0. The minimum Gasteiger partial charge on any atom is -0.231 e. The van der Waals surface area contributed by atoms with Gasteiger partial charge in [0.25, 0.3) is 0 Å². The molecule has 0 saturated heterocycles. The summed E-state index contributed by atoms with van der Waals surface area (Å²) in [4.78, 5) is 8.81. The Morgan fingerprint density at radius 1 is 1.14 bits per heavy atom. The maximum atomic E-state index is 14.2. The monoisotopic (exact) mass is 436 g/mol. The number of hydrogen-bond donors (Lipinski definition) is 0. The molecule has 1 aromatic carbocycles. The van der Waals surface area contributed by atoms with Crippen LogP contribution in [0.4, 0.5) is 4.39 Å². The molecule has 1 fully saturated rings. The lowest BCUT2D eigenvalue weighted by Crippen LogP contribution is -2.05. The van der Waals surface area contributed by atoms with Gasteiger partial charge in [0.1, 0.15) is 5.15 Å².